The molecule has 0 amide bonds. The summed E-state index contributed by atoms with van der Waals surface area (Å²) >= 11 is 0. The maximum Gasteiger partial charge on any atom is 0.124 e. The first kappa shape index (κ1) is 13.1. The van der Waals surface area contributed by atoms with Crippen molar-refractivity contribution in [3.05, 3.63) is 29.6 Å². The molecule has 1 N–H and O–H groups in total. The smallest absolute Gasteiger partial charge is 0.124 e. The monoisotopic (exact) mass is 245 g/mol. The summed E-state index contributed by atoms with van der Waals surface area (Å²) in [5.74, 6) is 1.14. The van der Waals surface area contributed by atoms with Crippen LogP contribution in [0.1, 0.15) is 44.6 Å². The van der Waals surface area contributed by atoms with Gasteiger partial charge in [-0.05, 0) is 51.4 Å². The van der Waals surface area contributed by atoms with Crippen LogP contribution in [0.15, 0.2) is 18.2 Å². The highest BCUT2D eigenvalue weighted by molar-refractivity contribution is 5.77. The summed E-state index contributed by atoms with van der Waals surface area (Å²) in [4.78, 5) is 4.77. The summed E-state index contributed by atoms with van der Waals surface area (Å²) < 4.78 is 2.33. The van der Waals surface area contributed by atoms with Crippen LogP contribution >= 0.6 is 0 Å². The Morgan fingerprint density at radius 2 is 2.11 bits per heavy atom. The molecule has 0 fully saturated rings. The lowest BCUT2D eigenvalue weighted by atomic mass is 10.2. The van der Waals surface area contributed by atoms with E-state index in [-0.39, 0.29) is 0 Å². The number of hydrogen-bond donors (Lipinski definition) is 1. The van der Waals surface area contributed by atoms with Gasteiger partial charge in [0.25, 0.3) is 0 Å². The highest BCUT2D eigenvalue weighted by Crippen LogP contribution is 2.22. The molecule has 0 aliphatic rings. The van der Waals surface area contributed by atoms with Crippen molar-refractivity contribution in [1.29, 1.82) is 0 Å². The number of hydrogen-bond acceptors (Lipinski definition) is 2. The average molecular weight is 245 g/mol. The fraction of sp³-hybridized carbons (Fsp3) is 0.533. The first-order chi connectivity index (χ1) is 8.63. The minimum atomic E-state index is 0.441. The SMILES string of the molecule is CCCNCc1nc2cc(C)ccc2n1C(C)C. The number of fused-ring (bicyclic) bond motifs is 1. The quantitative estimate of drug-likeness (QED) is 0.818. The third-order valence-corrected chi connectivity index (χ3v) is 3.14. The van der Waals surface area contributed by atoms with Crippen LogP contribution in [-0.4, -0.2) is 16.1 Å². The average Bonchev–Trinajstić information content (AvgIpc) is 2.66. The van der Waals surface area contributed by atoms with Gasteiger partial charge < -0.3 is 9.88 Å². The Morgan fingerprint density at radius 1 is 1.33 bits per heavy atom. The van der Waals surface area contributed by atoms with E-state index in [0.29, 0.717) is 6.04 Å². The van der Waals surface area contributed by atoms with Crippen LogP contribution in [0.2, 0.25) is 0 Å². The van der Waals surface area contributed by atoms with Gasteiger partial charge in [0.05, 0.1) is 17.6 Å². The number of rotatable bonds is 5. The molecule has 1 aromatic carbocycles. The summed E-state index contributed by atoms with van der Waals surface area (Å²) in [7, 11) is 0. The zero-order chi connectivity index (χ0) is 13.1. The van der Waals surface area contributed by atoms with Crippen LogP contribution in [0.3, 0.4) is 0 Å². The molecule has 98 valence electrons. The lowest BCUT2D eigenvalue weighted by Crippen LogP contribution is -2.18. The van der Waals surface area contributed by atoms with Gasteiger partial charge in [0.2, 0.25) is 0 Å². The van der Waals surface area contributed by atoms with E-state index in [1.54, 1.807) is 0 Å². The summed E-state index contributed by atoms with van der Waals surface area (Å²) in [5.41, 5.74) is 3.62. The standard InChI is InChI=1S/C15H23N3/c1-5-8-16-10-15-17-13-9-12(4)6-7-14(13)18(15)11(2)3/h6-7,9,11,16H,5,8,10H2,1-4H3. The normalized spacial score (nSPS) is 11.6. The molecule has 0 bridgehead atoms. The molecule has 0 atom stereocenters. The minimum Gasteiger partial charge on any atom is -0.324 e. The van der Waals surface area contributed by atoms with E-state index in [9.17, 15) is 0 Å². The van der Waals surface area contributed by atoms with Crippen LogP contribution < -0.4 is 5.32 Å². The van der Waals surface area contributed by atoms with Crippen LogP contribution in [0.4, 0.5) is 0 Å². The predicted octanol–water partition coefficient (Wildman–Crippen LogP) is 3.43. The molecule has 18 heavy (non-hydrogen) atoms. The second kappa shape index (κ2) is 5.53. The van der Waals surface area contributed by atoms with Crippen molar-refractivity contribution in [2.75, 3.05) is 6.54 Å². The zero-order valence-corrected chi connectivity index (χ0v) is 11.8. The molecule has 0 radical (unpaired) electrons. The van der Waals surface area contributed by atoms with Crippen molar-refractivity contribution in [1.82, 2.24) is 14.9 Å². The number of benzene rings is 1. The largest absolute Gasteiger partial charge is 0.324 e. The van der Waals surface area contributed by atoms with Gasteiger partial charge in [0, 0.05) is 6.04 Å². The lowest BCUT2D eigenvalue weighted by molar-refractivity contribution is 0.553. The maximum atomic E-state index is 4.77. The topological polar surface area (TPSA) is 29.9 Å². The van der Waals surface area contributed by atoms with Gasteiger partial charge in [-0.25, -0.2) is 4.98 Å². The Hall–Kier alpha value is -1.35. The minimum absolute atomic E-state index is 0.441. The molecule has 0 aliphatic heterocycles. The van der Waals surface area contributed by atoms with Crippen molar-refractivity contribution in [2.45, 2.75) is 46.7 Å². The van der Waals surface area contributed by atoms with Gasteiger partial charge in [-0.1, -0.05) is 13.0 Å². The molecular weight excluding hydrogens is 222 g/mol. The van der Waals surface area contributed by atoms with Crippen molar-refractivity contribution in [3.63, 3.8) is 0 Å². The molecule has 0 unspecified atom stereocenters. The molecular formula is C15H23N3. The fourth-order valence-electron chi connectivity index (χ4n) is 2.34. The van der Waals surface area contributed by atoms with E-state index in [2.05, 4.69) is 55.8 Å². The summed E-state index contributed by atoms with van der Waals surface area (Å²) in [6.45, 7) is 10.6. The van der Waals surface area contributed by atoms with Gasteiger partial charge in [-0.3, -0.25) is 0 Å². The molecule has 0 saturated heterocycles. The van der Waals surface area contributed by atoms with Crippen LogP contribution in [-0.2, 0) is 6.54 Å². The summed E-state index contributed by atoms with van der Waals surface area (Å²) in [6, 6.07) is 6.95. The zero-order valence-electron chi connectivity index (χ0n) is 11.8. The Kier molecular flexibility index (Phi) is 4.02. The Bertz CT molecular complexity index is 526. The van der Waals surface area contributed by atoms with E-state index >= 15 is 0 Å². The molecule has 0 spiro atoms. The number of nitrogens with one attached hydrogen (secondary N) is 1. The number of imidazole rings is 1. The molecule has 3 nitrogen and oxygen atoms in total. The molecule has 3 heteroatoms. The van der Waals surface area contributed by atoms with Gasteiger partial charge >= 0.3 is 0 Å². The predicted molar refractivity (Wildman–Crippen MR) is 76.9 cm³/mol. The molecule has 0 saturated carbocycles. The third-order valence-electron chi connectivity index (χ3n) is 3.14. The number of nitrogens with zero attached hydrogens (tertiary/aromatic N) is 2. The van der Waals surface area contributed by atoms with Gasteiger partial charge in [0.1, 0.15) is 5.82 Å². The van der Waals surface area contributed by atoms with E-state index < -0.39 is 0 Å². The van der Waals surface area contributed by atoms with Gasteiger partial charge in [0.15, 0.2) is 0 Å². The van der Waals surface area contributed by atoms with Crippen LogP contribution in [0.25, 0.3) is 11.0 Å². The Balaban J connectivity index is 2.41. The Morgan fingerprint density at radius 3 is 2.78 bits per heavy atom. The second-order valence-electron chi connectivity index (χ2n) is 5.16. The summed E-state index contributed by atoms with van der Waals surface area (Å²) in [5, 5.41) is 3.44. The van der Waals surface area contributed by atoms with E-state index in [4.69, 9.17) is 4.98 Å². The van der Waals surface area contributed by atoms with Gasteiger partial charge in [-0.2, -0.15) is 0 Å². The third kappa shape index (κ3) is 2.56. The van der Waals surface area contributed by atoms with E-state index in [1.807, 2.05) is 0 Å². The molecule has 1 heterocycles. The Labute approximate surface area is 109 Å². The maximum absolute atomic E-state index is 4.77. The molecule has 2 rings (SSSR count). The first-order valence-electron chi connectivity index (χ1n) is 6.81. The molecule has 0 aliphatic carbocycles. The van der Waals surface area contributed by atoms with Crippen molar-refractivity contribution in [2.24, 2.45) is 0 Å². The van der Waals surface area contributed by atoms with Gasteiger partial charge in [-0.15, -0.1) is 0 Å². The fourth-order valence-corrected chi connectivity index (χ4v) is 2.34. The number of aromatic nitrogens is 2. The van der Waals surface area contributed by atoms with Crippen molar-refractivity contribution >= 4 is 11.0 Å². The number of aryl methyl sites for hydroxylation is 1. The molecule has 1 aromatic heterocycles. The second-order valence-corrected chi connectivity index (χ2v) is 5.16. The highest BCUT2D eigenvalue weighted by Gasteiger charge is 2.12. The van der Waals surface area contributed by atoms with E-state index in [0.717, 1.165) is 30.9 Å². The first-order valence-corrected chi connectivity index (χ1v) is 6.81. The highest BCUT2D eigenvalue weighted by atomic mass is 15.1. The summed E-state index contributed by atoms with van der Waals surface area (Å²) in [6.07, 6.45) is 1.15. The van der Waals surface area contributed by atoms with Crippen LogP contribution in [0.5, 0.6) is 0 Å². The lowest BCUT2D eigenvalue weighted by Gasteiger charge is -2.13. The van der Waals surface area contributed by atoms with Crippen molar-refractivity contribution < 1.29 is 0 Å². The molecule has 2 aromatic rings. The van der Waals surface area contributed by atoms with E-state index in [1.165, 1.54) is 11.1 Å². The van der Waals surface area contributed by atoms with Crippen molar-refractivity contribution in [3.8, 4) is 0 Å². The van der Waals surface area contributed by atoms with Crippen LogP contribution in [0, 0.1) is 6.92 Å².